The number of nitrogens with one attached hydrogen (secondary N) is 2. The summed E-state index contributed by atoms with van der Waals surface area (Å²) in [6, 6.07) is 13.2. The molecule has 148 valence electrons. The molecule has 2 aromatic carbocycles. The van der Waals surface area contributed by atoms with E-state index in [9.17, 15) is 14.0 Å². The minimum Gasteiger partial charge on any atom is -0.493 e. The Bertz CT molecular complexity index is 1040. The first-order chi connectivity index (χ1) is 14.0. The Morgan fingerprint density at radius 2 is 1.48 bits per heavy atom. The number of anilines is 2. The summed E-state index contributed by atoms with van der Waals surface area (Å²) in [7, 11) is 3.02. The number of halogens is 1. The largest absolute Gasteiger partial charge is 0.493 e. The molecule has 0 unspecified atom stereocenters. The quantitative estimate of drug-likeness (QED) is 0.664. The molecule has 1 aromatic heterocycles. The first kappa shape index (κ1) is 19.8. The average molecular weight is 395 g/mol. The molecule has 2 amide bonds. The van der Waals surface area contributed by atoms with E-state index in [1.807, 2.05) is 0 Å². The van der Waals surface area contributed by atoms with Crippen LogP contribution in [0, 0.1) is 5.82 Å². The van der Waals surface area contributed by atoms with E-state index < -0.39 is 17.6 Å². The number of aromatic nitrogens is 1. The van der Waals surface area contributed by atoms with E-state index in [0.29, 0.717) is 22.9 Å². The number of carbonyl (C=O) groups is 2. The van der Waals surface area contributed by atoms with E-state index in [-0.39, 0.29) is 11.3 Å². The van der Waals surface area contributed by atoms with Crippen molar-refractivity contribution >= 4 is 23.2 Å². The van der Waals surface area contributed by atoms with Crippen LogP contribution in [0.15, 0.2) is 60.8 Å². The van der Waals surface area contributed by atoms with Crippen molar-refractivity contribution in [2.75, 3.05) is 24.9 Å². The minimum absolute atomic E-state index is 0.0503. The van der Waals surface area contributed by atoms with Crippen molar-refractivity contribution in [1.29, 1.82) is 0 Å². The third kappa shape index (κ3) is 4.86. The Hall–Kier alpha value is -3.94. The summed E-state index contributed by atoms with van der Waals surface area (Å²) in [6.45, 7) is 0. The second-order valence-corrected chi connectivity index (χ2v) is 5.91. The summed E-state index contributed by atoms with van der Waals surface area (Å²) in [5, 5.41) is 5.33. The van der Waals surface area contributed by atoms with Gasteiger partial charge in [0.05, 0.1) is 14.2 Å². The maximum absolute atomic E-state index is 13.0. The second-order valence-electron chi connectivity index (χ2n) is 5.91. The summed E-state index contributed by atoms with van der Waals surface area (Å²) in [5.41, 5.74) is 1.22. The van der Waals surface area contributed by atoms with Gasteiger partial charge in [-0.05, 0) is 48.5 Å². The van der Waals surface area contributed by atoms with E-state index in [0.717, 1.165) is 0 Å². The molecule has 8 heteroatoms. The molecule has 3 rings (SSSR count). The van der Waals surface area contributed by atoms with Crippen molar-refractivity contribution in [2.24, 2.45) is 0 Å². The van der Waals surface area contributed by atoms with Gasteiger partial charge in [0, 0.05) is 29.2 Å². The summed E-state index contributed by atoms with van der Waals surface area (Å²) >= 11 is 0. The lowest BCUT2D eigenvalue weighted by Crippen LogP contribution is -2.17. The molecule has 0 atom stereocenters. The highest BCUT2D eigenvalue weighted by molar-refractivity contribution is 6.07. The number of pyridine rings is 1. The van der Waals surface area contributed by atoms with Crippen LogP contribution in [0.2, 0.25) is 0 Å². The summed E-state index contributed by atoms with van der Waals surface area (Å²) < 4.78 is 23.4. The van der Waals surface area contributed by atoms with Crippen molar-refractivity contribution in [1.82, 2.24) is 4.98 Å². The van der Waals surface area contributed by atoms with Crippen LogP contribution in [0.25, 0.3) is 0 Å². The van der Waals surface area contributed by atoms with Crippen LogP contribution in [0.3, 0.4) is 0 Å². The van der Waals surface area contributed by atoms with E-state index >= 15 is 0 Å². The van der Waals surface area contributed by atoms with Gasteiger partial charge in [-0.25, -0.2) is 4.39 Å². The first-order valence-electron chi connectivity index (χ1n) is 8.56. The Kier molecular flexibility index (Phi) is 6.03. The lowest BCUT2D eigenvalue weighted by Gasteiger charge is -2.11. The number of carbonyl (C=O) groups excluding carboxylic acids is 2. The van der Waals surface area contributed by atoms with Gasteiger partial charge in [0.25, 0.3) is 11.8 Å². The van der Waals surface area contributed by atoms with Crippen LogP contribution >= 0.6 is 0 Å². The van der Waals surface area contributed by atoms with Crippen molar-refractivity contribution in [2.45, 2.75) is 0 Å². The highest BCUT2D eigenvalue weighted by Crippen LogP contribution is 2.29. The Balaban J connectivity index is 1.73. The van der Waals surface area contributed by atoms with Crippen LogP contribution < -0.4 is 20.1 Å². The minimum atomic E-state index is -0.516. The molecule has 0 radical (unpaired) electrons. The molecular weight excluding hydrogens is 377 g/mol. The van der Waals surface area contributed by atoms with Gasteiger partial charge in [0.1, 0.15) is 11.5 Å². The summed E-state index contributed by atoms with van der Waals surface area (Å²) in [4.78, 5) is 28.9. The molecule has 0 aliphatic rings. The molecule has 0 fully saturated rings. The van der Waals surface area contributed by atoms with E-state index in [1.54, 1.807) is 18.2 Å². The van der Waals surface area contributed by atoms with E-state index in [2.05, 4.69) is 15.6 Å². The number of methoxy groups -OCH3 is 2. The highest BCUT2D eigenvalue weighted by Gasteiger charge is 2.13. The van der Waals surface area contributed by atoms with Gasteiger partial charge in [-0.2, -0.15) is 0 Å². The van der Waals surface area contributed by atoms with Gasteiger partial charge >= 0.3 is 0 Å². The van der Waals surface area contributed by atoms with Gasteiger partial charge in [0.15, 0.2) is 11.5 Å². The predicted octanol–water partition coefficient (Wildman–Crippen LogP) is 3.74. The molecule has 29 heavy (non-hydrogen) atoms. The Labute approximate surface area is 166 Å². The van der Waals surface area contributed by atoms with Crippen LogP contribution in [0.4, 0.5) is 15.8 Å². The van der Waals surface area contributed by atoms with Gasteiger partial charge in [-0.15, -0.1) is 0 Å². The van der Waals surface area contributed by atoms with E-state index in [4.69, 9.17) is 9.47 Å². The molecule has 2 N–H and O–H groups in total. The maximum atomic E-state index is 13.0. The van der Waals surface area contributed by atoms with Gasteiger partial charge in [-0.1, -0.05) is 0 Å². The number of benzene rings is 2. The smallest absolute Gasteiger partial charge is 0.274 e. The van der Waals surface area contributed by atoms with Crippen LogP contribution in [-0.4, -0.2) is 31.0 Å². The fraction of sp³-hybridized carbons (Fsp3) is 0.0952. The number of rotatable bonds is 6. The lowest BCUT2D eigenvalue weighted by atomic mass is 10.2. The molecule has 0 spiro atoms. The fourth-order valence-corrected chi connectivity index (χ4v) is 2.54. The molecule has 3 aromatic rings. The summed E-state index contributed by atoms with van der Waals surface area (Å²) in [6.07, 6.45) is 1.36. The zero-order valence-corrected chi connectivity index (χ0v) is 15.7. The van der Waals surface area contributed by atoms with Crippen molar-refractivity contribution in [3.8, 4) is 11.5 Å². The standard InChI is InChI=1S/C21H18FN3O4/c1-28-18-8-7-16(12-19(18)29-2)25-20(26)13-9-10-23-17(11-13)21(27)24-15-5-3-14(22)4-6-15/h3-12H,1-2H3,(H,24,27)(H,25,26). The second kappa shape index (κ2) is 8.83. The number of amides is 2. The normalized spacial score (nSPS) is 10.2. The molecule has 0 aliphatic heterocycles. The third-order valence-electron chi connectivity index (χ3n) is 4.00. The Morgan fingerprint density at radius 3 is 2.17 bits per heavy atom. The van der Waals surface area contributed by atoms with Crippen LogP contribution in [0.5, 0.6) is 11.5 Å². The van der Waals surface area contributed by atoms with E-state index in [1.165, 1.54) is 56.8 Å². The summed E-state index contributed by atoms with van der Waals surface area (Å²) in [5.74, 6) is -0.337. The number of hydrogen-bond acceptors (Lipinski definition) is 5. The topological polar surface area (TPSA) is 89.5 Å². The van der Waals surface area contributed by atoms with Crippen LogP contribution in [0.1, 0.15) is 20.8 Å². The molecular formula is C21H18FN3O4. The first-order valence-corrected chi connectivity index (χ1v) is 8.56. The molecule has 0 aliphatic carbocycles. The van der Waals surface area contributed by atoms with Crippen molar-refractivity contribution in [3.05, 3.63) is 77.9 Å². The molecule has 7 nitrogen and oxygen atoms in total. The molecule has 0 saturated heterocycles. The fourth-order valence-electron chi connectivity index (χ4n) is 2.54. The SMILES string of the molecule is COc1ccc(NC(=O)c2ccnc(C(=O)Nc3ccc(F)cc3)c2)cc1OC. The van der Waals surface area contributed by atoms with Crippen LogP contribution in [-0.2, 0) is 0 Å². The molecule has 1 heterocycles. The molecule has 0 saturated carbocycles. The number of hydrogen-bond donors (Lipinski definition) is 2. The average Bonchev–Trinajstić information content (AvgIpc) is 2.75. The third-order valence-corrected chi connectivity index (χ3v) is 4.00. The van der Waals surface area contributed by atoms with Gasteiger partial charge in [-0.3, -0.25) is 14.6 Å². The van der Waals surface area contributed by atoms with Gasteiger partial charge < -0.3 is 20.1 Å². The predicted molar refractivity (Wildman–Crippen MR) is 106 cm³/mol. The number of ether oxygens (including phenoxy) is 2. The zero-order chi connectivity index (χ0) is 20.8. The lowest BCUT2D eigenvalue weighted by molar-refractivity contribution is 0.102. The zero-order valence-electron chi connectivity index (χ0n) is 15.7. The highest BCUT2D eigenvalue weighted by atomic mass is 19.1. The molecule has 0 bridgehead atoms. The van der Waals surface area contributed by atoms with Gasteiger partial charge in [0.2, 0.25) is 0 Å². The number of nitrogens with zero attached hydrogens (tertiary/aromatic N) is 1. The maximum Gasteiger partial charge on any atom is 0.274 e. The van der Waals surface area contributed by atoms with Crippen molar-refractivity contribution in [3.63, 3.8) is 0 Å². The van der Waals surface area contributed by atoms with Crippen molar-refractivity contribution < 1.29 is 23.5 Å². The Morgan fingerprint density at radius 1 is 0.828 bits per heavy atom. The monoisotopic (exact) mass is 395 g/mol.